The van der Waals surface area contributed by atoms with Crippen molar-refractivity contribution in [1.82, 2.24) is 4.90 Å². The number of nitrogens with zero attached hydrogens (tertiary/aromatic N) is 1. The van der Waals surface area contributed by atoms with Gasteiger partial charge in [0.25, 0.3) is 5.92 Å². The van der Waals surface area contributed by atoms with E-state index in [4.69, 9.17) is 5.73 Å². The van der Waals surface area contributed by atoms with Crippen molar-refractivity contribution in [3.63, 3.8) is 0 Å². The van der Waals surface area contributed by atoms with Gasteiger partial charge in [-0.1, -0.05) is 0 Å². The summed E-state index contributed by atoms with van der Waals surface area (Å²) in [4.78, 5) is 1.65. The number of hydrogen-bond acceptors (Lipinski definition) is 2. The Morgan fingerprint density at radius 3 is 2.64 bits per heavy atom. The Morgan fingerprint density at radius 1 is 1.64 bits per heavy atom. The topological polar surface area (TPSA) is 29.3 Å². The molecular formula is C7H14F2N2. The normalized spacial score (nSPS) is 31.1. The lowest BCUT2D eigenvalue weighted by Crippen LogP contribution is -2.28. The number of likely N-dealkylation sites (tertiary alicyclic amines) is 1. The smallest absolute Gasteiger partial charge is 0.264 e. The van der Waals surface area contributed by atoms with Gasteiger partial charge in [0, 0.05) is 12.5 Å². The van der Waals surface area contributed by atoms with Crippen LogP contribution in [0.2, 0.25) is 0 Å². The van der Waals surface area contributed by atoms with Crippen molar-refractivity contribution in [2.75, 3.05) is 26.7 Å². The summed E-state index contributed by atoms with van der Waals surface area (Å²) < 4.78 is 25.9. The lowest BCUT2D eigenvalue weighted by molar-refractivity contribution is -0.0275. The molecule has 1 aliphatic heterocycles. The minimum Gasteiger partial charge on any atom is -0.330 e. The summed E-state index contributed by atoms with van der Waals surface area (Å²) in [6.07, 6.45) is 0.428. The van der Waals surface area contributed by atoms with Gasteiger partial charge in [0.1, 0.15) is 0 Å². The molecule has 0 bridgehead atoms. The fraction of sp³-hybridized carbons (Fsp3) is 1.00. The van der Waals surface area contributed by atoms with Gasteiger partial charge >= 0.3 is 0 Å². The quantitative estimate of drug-likeness (QED) is 0.645. The Bertz CT molecular complexity index is 138. The van der Waals surface area contributed by atoms with Gasteiger partial charge in [-0.3, -0.25) is 0 Å². The van der Waals surface area contributed by atoms with Crippen molar-refractivity contribution in [1.29, 1.82) is 0 Å². The van der Waals surface area contributed by atoms with E-state index in [0.29, 0.717) is 19.5 Å². The Labute approximate surface area is 65.4 Å². The molecule has 0 aromatic heterocycles. The van der Waals surface area contributed by atoms with Crippen LogP contribution in [0.5, 0.6) is 0 Å². The first-order chi connectivity index (χ1) is 5.06. The Hall–Kier alpha value is -0.220. The Morgan fingerprint density at radius 2 is 2.27 bits per heavy atom. The van der Waals surface area contributed by atoms with E-state index in [0.717, 1.165) is 0 Å². The second-order valence-corrected chi connectivity index (χ2v) is 3.23. The van der Waals surface area contributed by atoms with E-state index in [1.54, 1.807) is 11.9 Å². The van der Waals surface area contributed by atoms with E-state index in [9.17, 15) is 8.78 Å². The lowest BCUT2D eigenvalue weighted by atomic mass is 10.0. The van der Waals surface area contributed by atoms with E-state index in [1.165, 1.54) is 0 Å². The molecular weight excluding hydrogens is 150 g/mol. The molecule has 0 saturated carbocycles. The number of hydrogen-bond donors (Lipinski definition) is 1. The largest absolute Gasteiger partial charge is 0.330 e. The highest BCUT2D eigenvalue weighted by atomic mass is 19.3. The molecule has 2 N–H and O–H groups in total. The lowest BCUT2D eigenvalue weighted by Gasteiger charge is -2.15. The van der Waals surface area contributed by atoms with Gasteiger partial charge in [0.15, 0.2) is 0 Å². The van der Waals surface area contributed by atoms with Crippen LogP contribution in [0.1, 0.15) is 6.42 Å². The van der Waals surface area contributed by atoms with Crippen molar-refractivity contribution in [2.24, 2.45) is 11.7 Å². The molecule has 1 saturated heterocycles. The van der Waals surface area contributed by atoms with Gasteiger partial charge < -0.3 is 10.6 Å². The molecule has 66 valence electrons. The van der Waals surface area contributed by atoms with Crippen LogP contribution < -0.4 is 5.73 Å². The zero-order chi connectivity index (χ0) is 8.48. The van der Waals surface area contributed by atoms with E-state index in [-0.39, 0.29) is 6.54 Å². The number of nitrogens with two attached hydrogens (primary N) is 1. The molecule has 1 atom stereocenters. The van der Waals surface area contributed by atoms with Crippen LogP contribution in [0, 0.1) is 5.92 Å². The molecule has 0 amide bonds. The summed E-state index contributed by atoms with van der Waals surface area (Å²) >= 11 is 0. The van der Waals surface area contributed by atoms with Crippen LogP contribution in [-0.2, 0) is 0 Å². The van der Waals surface area contributed by atoms with Crippen molar-refractivity contribution in [3.05, 3.63) is 0 Å². The number of rotatable bonds is 2. The van der Waals surface area contributed by atoms with Crippen LogP contribution in [0.15, 0.2) is 0 Å². The summed E-state index contributed by atoms with van der Waals surface area (Å²) in [5.74, 6) is -3.05. The van der Waals surface area contributed by atoms with Gasteiger partial charge in [-0.2, -0.15) is 0 Å². The average molecular weight is 164 g/mol. The summed E-state index contributed by atoms with van der Waals surface area (Å²) in [6.45, 7) is 0.718. The third-order valence-corrected chi connectivity index (χ3v) is 2.13. The zero-order valence-corrected chi connectivity index (χ0v) is 6.69. The van der Waals surface area contributed by atoms with E-state index >= 15 is 0 Å². The molecule has 0 aromatic carbocycles. The van der Waals surface area contributed by atoms with Crippen molar-refractivity contribution >= 4 is 0 Å². The third-order valence-electron chi connectivity index (χ3n) is 2.13. The first kappa shape index (κ1) is 8.87. The zero-order valence-electron chi connectivity index (χ0n) is 6.69. The van der Waals surface area contributed by atoms with Gasteiger partial charge in [0.05, 0.1) is 6.54 Å². The maximum absolute atomic E-state index is 12.9. The van der Waals surface area contributed by atoms with Crippen molar-refractivity contribution in [3.8, 4) is 0 Å². The van der Waals surface area contributed by atoms with E-state index < -0.39 is 11.8 Å². The second kappa shape index (κ2) is 3.03. The molecule has 0 aliphatic carbocycles. The van der Waals surface area contributed by atoms with Crippen molar-refractivity contribution in [2.45, 2.75) is 12.3 Å². The summed E-state index contributed by atoms with van der Waals surface area (Å²) in [7, 11) is 1.71. The molecule has 11 heavy (non-hydrogen) atoms. The maximum atomic E-state index is 12.9. The van der Waals surface area contributed by atoms with Gasteiger partial charge in [0.2, 0.25) is 0 Å². The fourth-order valence-corrected chi connectivity index (χ4v) is 1.57. The second-order valence-electron chi connectivity index (χ2n) is 3.23. The molecule has 1 fully saturated rings. The molecule has 1 rings (SSSR count). The highest BCUT2D eigenvalue weighted by Crippen LogP contribution is 2.33. The monoisotopic (exact) mass is 164 g/mol. The van der Waals surface area contributed by atoms with Crippen LogP contribution in [0.25, 0.3) is 0 Å². The highest BCUT2D eigenvalue weighted by molar-refractivity contribution is 4.88. The Balaban J connectivity index is 2.51. The molecule has 1 unspecified atom stereocenters. The maximum Gasteiger partial charge on any atom is 0.264 e. The summed E-state index contributed by atoms with van der Waals surface area (Å²) in [6, 6.07) is 0. The minimum atomic E-state index is -2.52. The van der Waals surface area contributed by atoms with Gasteiger partial charge in [-0.05, 0) is 20.0 Å². The first-order valence-electron chi connectivity index (χ1n) is 3.82. The van der Waals surface area contributed by atoms with Crippen molar-refractivity contribution < 1.29 is 8.78 Å². The van der Waals surface area contributed by atoms with Gasteiger partial charge in [-0.15, -0.1) is 0 Å². The first-order valence-corrected chi connectivity index (χ1v) is 3.82. The van der Waals surface area contributed by atoms with Crippen LogP contribution >= 0.6 is 0 Å². The summed E-state index contributed by atoms with van der Waals surface area (Å²) in [5, 5.41) is 0. The van der Waals surface area contributed by atoms with E-state index in [1.807, 2.05) is 0 Å². The third kappa shape index (κ3) is 1.87. The fourth-order valence-electron chi connectivity index (χ4n) is 1.57. The standard InChI is InChI=1S/C7H14F2N2/c1-11-4-6(2-3-10)7(8,9)5-11/h6H,2-5,10H2,1H3. The predicted octanol–water partition coefficient (Wildman–Crippen LogP) is 0.532. The SMILES string of the molecule is CN1CC(CCN)C(F)(F)C1. The number of alkyl halides is 2. The number of halogens is 2. The molecule has 0 radical (unpaired) electrons. The van der Waals surface area contributed by atoms with Crippen LogP contribution in [-0.4, -0.2) is 37.5 Å². The minimum absolute atomic E-state index is 0.113. The molecule has 2 nitrogen and oxygen atoms in total. The van der Waals surface area contributed by atoms with Crippen LogP contribution in [0.4, 0.5) is 8.78 Å². The highest BCUT2D eigenvalue weighted by Gasteiger charge is 2.45. The average Bonchev–Trinajstić information content (AvgIpc) is 2.07. The Kier molecular flexibility index (Phi) is 2.44. The molecule has 4 heteroatoms. The summed E-state index contributed by atoms with van der Waals surface area (Å²) in [5.41, 5.74) is 5.22. The predicted molar refractivity (Wildman–Crippen MR) is 39.6 cm³/mol. The molecule has 0 spiro atoms. The molecule has 0 aromatic rings. The van der Waals surface area contributed by atoms with E-state index in [2.05, 4.69) is 0 Å². The molecule has 1 aliphatic rings. The molecule has 1 heterocycles. The van der Waals surface area contributed by atoms with Gasteiger partial charge in [-0.25, -0.2) is 8.78 Å². The van der Waals surface area contributed by atoms with Crippen LogP contribution in [0.3, 0.4) is 0 Å².